The van der Waals surface area contributed by atoms with Gasteiger partial charge in [0.2, 0.25) is 0 Å². The first kappa shape index (κ1) is 17.7. The first-order valence-corrected chi connectivity index (χ1v) is 8.30. The van der Waals surface area contributed by atoms with Crippen LogP contribution in [-0.2, 0) is 6.61 Å². The normalized spacial score (nSPS) is 10.9. The Balaban J connectivity index is 1.71. The molecule has 0 aliphatic rings. The number of rotatable bonds is 6. The molecule has 0 fully saturated rings. The van der Waals surface area contributed by atoms with Gasteiger partial charge in [-0.2, -0.15) is 0 Å². The molecule has 3 nitrogen and oxygen atoms in total. The number of methoxy groups -OCH3 is 1. The summed E-state index contributed by atoms with van der Waals surface area (Å²) in [7, 11) is 1.59. The minimum absolute atomic E-state index is 0.269. The number of ether oxygens (including phenoxy) is 2. The van der Waals surface area contributed by atoms with Crippen molar-refractivity contribution in [3.8, 4) is 11.5 Å². The van der Waals surface area contributed by atoms with Crippen molar-refractivity contribution in [3.05, 3.63) is 89.2 Å². The Labute approximate surface area is 152 Å². The summed E-state index contributed by atoms with van der Waals surface area (Å²) >= 11 is 0. The molecule has 3 rings (SSSR count). The van der Waals surface area contributed by atoms with Gasteiger partial charge in [0.1, 0.15) is 12.4 Å². The zero-order valence-corrected chi connectivity index (χ0v) is 14.8. The van der Waals surface area contributed by atoms with Crippen LogP contribution < -0.4 is 9.47 Å². The van der Waals surface area contributed by atoms with Crippen LogP contribution in [-0.4, -0.2) is 13.3 Å². The van der Waals surface area contributed by atoms with Crippen LogP contribution >= 0.6 is 0 Å². The number of hydrogen-bond donors (Lipinski definition) is 0. The molecule has 0 radical (unpaired) electrons. The quantitative estimate of drug-likeness (QED) is 0.552. The van der Waals surface area contributed by atoms with Gasteiger partial charge in [0.25, 0.3) is 0 Å². The van der Waals surface area contributed by atoms with Gasteiger partial charge in [-0.25, -0.2) is 4.39 Å². The summed E-state index contributed by atoms with van der Waals surface area (Å²) in [5.74, 6) is 0.930. The molecule has 3 aromatic carbocycles. The first-order valence-electron chi connectivity index (χ1n) is 8.30. The molecule has 0 bridgehead atoms. The summed E-state index contributed by atoms with van der Waals surface area (Å²) in [4.78, 5) is 4.46. The van der Waals surface area contributed by atoms with E-state index in [0.717, 1.165) is 16.8 Å². The molecule has 0 N–H and O–H groups in total. The Morgan fingerprint density at radius 1 is 0.962 bits per heavy atom. The fourth-order valence-electron chi connectivity index (χ4n) is 2.45. The van der Waals surface area contributed by atoms with Crippen LogP contribution in [0, 0.1) is 12.7 Å². The Hall–Kier alpha value is -3.14. The first-order chi connectivity index (χ1) is 12.6. The molecule has 132 valence electrons. The van der Waals surface area contributed by atoms with Crippen LogP contribution in [0.5, 0.6) is 11.5 Å². The highest BCUT2D eigenvalue weighted by Gasteiger charge is 2.06. The van der Waals surface area contributed by atoms with Crippen LogP contribution in [0.15, 0.2) is 71.7 Å². The predicted molar refractivity (Wildman–Crippen MR) is 102 cm³/mol. The molecule has 0 heterocycles. The number of nitrogens with zero attached hydrogens (tertiary/aromatic N) is 1. The summed E-state index contributed by atoms with van der Waals surface area (Å²) in [6.07, 6.45) is 1.78. The lowest BCUT2D eigenvalue weighted by atomic mass is 10.2. The molecular formula is C22H20FNO2. The van der Waals surface area contributed by atoms with E-state index in [0.29, 0.717) is 11.5 Å². The molecule has 0 unspecified atom stereocenters. The summed E-state index contributed by atoms with van der Waals surface area (Å²) in [6, 6.07) is 19.9. The van der Waals surface area contributed by atoms with Gasteiger partial charge in [-0.3, -0.25) is 4.99 Å². The van der Waals surface area contributed by atoms with Gasteiger partial charge in [0, 0.05) is 6.21 Å². The van der Waals surface area contributed by atoms with Crippen molar-refractivity contribution >= 4 is 11.9 Å². The zero-order valence-electron chi connectivity index (χ0n) is 14.8. The maximum Gasteiger partial charge on any atom is 0.161 e. The van der Waals surface area contributed by atoms with E-state index in [1.807, 2.05) is 55.5 Å². The van der Waals surface area contributed by atoms with Gasteiger partial charge in [-0.1, -0.05) is 29.8 Å². The second-order valence-corrected chi connectivity index (χ2v) is 5.92. The maximum atomic E-state index is 13.2. The number of hydrogen-bond acceptors (Lipinski definition) is 3. The Kier molecular flexibility index (Phi) is 5.64. The predicted octanol–water partition coefficient (Wildman–Crippen LogP) is 5.47. The highest BCUT2D eigenvalue weighted by atomic mass is 19.1. The molecule has 0 atom stereocenters. The third-order valence-electron chi connectivity index (χ3n) is 3.87. The summed E-state index contributed by atoms with van der Waals surface area (Å²) in [5.41, 5.74) is 3.75. The van der Waals surface area contributed by atoms with Gasteiger partial charge in [0.05, 0.1) is 12.8 Å². The van der Waals surface area contributed by atoms with Crippen molar-refractivity contribution in [2.45, 2.75) is 13.5 Å². The Morgan fingerprint density at radius 2 is 1.77 bits per heavy atom. The van der Waals surface area contributed by atoms with E-state index in [2.05, 4.69) is 4.99 Å². The molecule has 0 saturated carbocycles. The Morgan fingerprint density at radius 3 is 2.50 bits per heavy atom. The average molecular weight is 349 g/mol. The van der Waals surface area contributed by atoms with E-state index in [1.54, 1.807) is 19.4 Å². The largest absolute Gasteiger partial charge is 0.493 e. The summed E-state index contributed by atoms with van der Waals surface area (Å²) in [6.45, 7) is 2.31. The number of benzene rings is 3. The van der Waals surface area contributed by atoms with Gasteiger partial charge in [-0.15, -0.1) is 0 Å². The van der Waals surface area contributed by atoms with Crippen LogP contribution in [0.2, 0.25) is 0 Å². The van der Waals surface area contributed by atoms with Crippen molar-refractivity contribution in [2.75, 3.05) is 7.11 Å². The van der Waals surface area contributed by atoms with Crippen LogP contribution in [0.25, 0.3) is 0 Å². The molecule has 0 saturated heterocycles. The smallest absolute Gasteiger partial charge is 0.161 e. The van der Waals surface area contributed by atoms with Crippen molar-refractivity contribution in [1.29, 1.82) is 0 Å². The van der Waals surface area contributed by atoms with E-state index in [9.17, 15) is 4.39 Å². The molecule has 0 aliphatic carbocycles. The lowest BCUT2D eigenvalue weighted by Crippen LogP contribution is -1.98. The van der Waals surface area contributed by atoms with E-state index < -0.39 is 0 Å². The second-order valence-electron chi connectivity index (χ2n) is 5.92. The van der Waals surface area contributed by atoms with Crippen molar-refractivity contribution in [3.63, 3.8) is 0 Å². The second kappa shape index (κ2) is 8.30. The highest BCUT2D eigenvalue weighted by molar-refractivity contribution is 5.83. The fourth-order valence-corrected chi connectivity index (χ4v) is 2.45. The maximum absolute atomic E-state index is 13.2. The lowest BCUT2D eigenvalue weighted by molar-refractivity contribution is 0.284. The topological polar surface area (TPSA) is 30.8 Å². The standard InChI is InChI=1S/C22H20FNO2/c1-16-6-9-20(10-7-16)24-14-17-8-11-21(22(13-17)25-2)26-15-18-4-3-5-19(23)12-18/h3-14H,15H2,1-2H3. The monoisotopic (exact) mass is 349 g/mol. The average Bonchev–Trinajstić information content (AvgIpc) is 2.66. The summed E-state index contributed by atoms with van der Waals surface area (Å²) < 4.78 is 24.4. The minimum atomic E-state index is -0.277. The van der Waals surface area contributed by atoms with E-state index in [-0.39, 0.29) is 12.4 Å². The van der Waals surface area contributed by atoms with Crippen molar-refractivity contribution in [2.24, 2.45) is 4.99 Å². The van der Waals surface area contributed by atoms with E-state index in [4.69, 9.17) is 9.47 Å². The van der Waals surface area contributed by atoms with Crippen LogP contribution in [0.1, 0.15) is 16.7 Å². The fraction of sp³-hybridized carbons (Fsp3) is 0.136. The number of halogens is 1. The highest BCUT2D eigenvalue weighted by Crippen LogP contribution is 2.28. The van der Waals surface area contributed by atoms with Crippen molar-refractivity contribution < 1.29 is 13.9 Å². The van der Waals surface area contributed by atoms with E-state index in [1.165, 1.54) is 17.7 Å². The molecule has 0 spiro atoms. The SMILES string of the molecule is COc1cc(C=Nc2ccc(C)cc2)ccc1OCc1cccc(F)c1. The van der Waals surface area contributed by atoms with Crippen LogP contribution in [0.3, 0.4) is 0 Å². The molecule has 4 heteroatoms. The third-order valence-corrected chi connectivity index (χ3v) is 3.87. The molecule has 0 aromatic heterocycles. The zero-order chi connectivity index (χ0) is 18.4. The molecule has 26 heavy (non-hydrogen) atoms. The van der Waals surface area contributed by atoms with E-state index >= 15 is 0 Å². The molecule has 3 aromatic rings. The van der Waals surface area contributed by atoms with Gasteiger partial charge in [-0.05, 0) is 60.5 Å². The lowest BCUT2D eigenvalue weighted by Gasteiger charge is -2.11. The number of aliphatic imine (C=N–C) groups is 1. The van der Waals surface area contributed by atoms with Crippen LogP contribution in [0.4, 0.5) is 10.1 Å². The molecule has 0 aliphatic heterocycles. The third kappa shape index (κ3) is 4.70. The Bertz CT molecular complexity index is 904. The van der Waals surface area contributed by atoms with Gasteiger partial charge < -0.3 is 9.47 Å². The van der Waals surface area contributed by atoms with Gasteiger partial charge in [0.15, 0.2) is 11.5 Å². The van der Waals surface area contributed by atoms with Crippen molar-refractivity contribution in [1.82, 2.24) is 0 Å². The molecular weight excluding hydrogens is 329 g/mol. The number of aryl methyl sites for hydroxylation is 1. The van der Waals surface area contributed by atoms with Gasteiger partial charge >= 0.3 is 0 Å². The summed E-state index contributed by atoms with van der Waals surface area (Å²) in [5, 5.41) is 0. The molecule has 0 amide bonds. The minimum Gasteiger partial charge on any atom is -0.493 e.